The Balaban J connectivity index is 1.53. The van der Waals surface area contributed by atoms with Gasteiger partial charge >= 0.3 is 0 Å². The van der Waals surface area contributed by atoms with Crippen LogP contribution in [0.3, 0.4) is 0 Å². The van der Waals surface area contributed by atoms with Crippen LogP contribution < -0.4 is 5.32 Å². The molecule has 0 radical (unpaired) electrons. The molecule has 0 atom stereocenters. The van der Waals surface area contributed by atoms with Gasteiger partial charge in [-0.05, 0) is 44.2 Å². The van der Waals surface area contributed by atoms with E-state index < -0.39 is 0 Å². The first-order valence-corrected chi connectivity index (χ1v) is 10.2. The lowest BCUT2D eigenvalue weighted by Gasteiger charge is -2.08. The normalized spacial score (nSPS) is 13.5. The first-order valence-electron chi connectivity index (χ1n) is 8.60. The number of carbonyl (C=O) groups excluding carboxylic acids is 1. The van der Waals surface area contributed by atoms with Crippen LogP contribution in [-0.4, -0.2) is 16.0 Å². The highest BCUT2D eigenvalue weighted by molar-refractivity contribution is 9.10. The third kappa shape index (κ3) is 3.46. The number of halogens is 1. The Kier molecular flexibility index (Phi) is 4.91. The summed E-state index contributed by atoms with van der Waals surface area (Å²) in [5.74, 6) is 0.677. The lowest BCUT2D eigenvalue weighted by molar-refractivity contribution is -0.115. The molecular formula is C19H18BrN3O2S. The number of anilines is 1. The Hall–Kier alpha value is -1.99. The molecule has 1 amide bonds. The van der Waals surface area contributed by atoms with E-state index in [4.69, 9.17) is 4.52 Å². The summed E-state index contributed by atoms with van der Waals surface area (Å²) in [6.45, 7) is 1.99. The van der Waals surface area contributed by atoms with Gasteiger partial charge in [-0.1, -0.05) is 39.3 Å². The SMILES string of the molecule is Cc1sc(NC(=O)Cc2ccccc2Br)nc1-c1onc2c1CCCC2. The van der Waals surface area contributed by atoms with Crippen LogP contribution in [0.2, 0.25) is 0 Å². The Bertz CT molecular complexity index is 964. The number of nitrogens with one attached hydrogen (secondary N) is 1. The lowest BCUT2D eigenvalue weighted by Crippen LogP contribution is -2.14. The summed E-state index contributed by atoms with van der Waals surface area (Å²) in [5.41, 5.74) is 3.97. The van der Waals surface area contributed by atoms with E-state index in [1.165, 1.54) is 16.9 Å². The number of thiazole rings is 1. The van der Waals surface area contributed by atoms with Crippen LogP contribution in [0.4, 0.5) is 5.13 Å². The maximum absolute atomic E-state index is 12.4. The van der Waals surface area contributed by atoms with Gasteiger partial charge in [-0.3, -0.25) is 4.79 Å². The van der Waals surface area contributed by atoms with E-state index in [9.17, 15) is 4.79 Å². The lowest BCUT2D eigenvalue weighted by atomic mass is 9.95. The quantitative estimate of drug-likeness (QED) is 0.635. The summed E-state index contributed by atoms with van der Waals surface area (Å²) < 4.78 is 6.52. The minimum Gasteiger partial charge on any atom is -0.354 e. The fraction of sp³-hybridized carbons (Fsp3) is 0.316. The van der Waals surface area contributed by atoms with E-state index in [1.807, 2.05) is 31.2 Å². The number of nitrogens with zero attached hydrogens (tertiary/aromatic N) is 2. The first-order chi connectivity index (χ1) is 12.6. The average molecular weight is 432 g/mol. The maximum Gasteiger partial charge on any atom is 0.230 e. The van der Waals surface area contributed by atoms with Gasteiger partial charge < -0.3 is 9.84 Å². The van der Waals surface area contributed by atoms with E-state index in [0.717, 1.165) is 57.7 Å². The van der Waals surface area contributed by atoms with E-state index in [1.54, 1.807) is 0 Å². The molecule has 5 nitrogen and oxygen atoms in total. The predicted octanol–water partition coefficient (Wildman–Crippen LogP) is 4.93. The van der Waals surface area contributed by atoms with Crippen molar-refractivity contribution >= 4 is 38.3 Å². The molecule has 0 bridgehead atoms. The van der Waals surface area contributed by atoms with Crippen molar-refractivity contribution in [1.82, 2.24) is 10.1 Å². The zero-order chi connectivity index (χ0) is 18.1. The van der Waals surface area contributed by atoms with E-state index in [-0.39, 0.29) is 5.91 Å². The molecule has 26 heavy (non-hydrogen) atoms. The smallest absolute Gasteiger partial charge is 0.230 e. The molecule has 2 heterocycles. The molecule has 0 fully saturated rings. The molecule has 4 rings (SSSR count). The monoisotopic (exact) mass is 431 g/mol. The summed E-state index contributed by atoms with van der Waals surface area (Å²) in [7, 11) is 0. The van der Waals surface area contributed by atoms with Gasteiger partial charge in [-0.15, -0.1) is 11.3 Å². The van der Waals surface area contributed by atoms with Crippen molar-refractivity contribution in [3.05, 3.63) is 50.4 Å². The molecule has 0 unspecified atom stereocenters. The standard InChI is InChI=1S/C19H18BrN3O2S/c1-11-17(18-13-7-3-5-9-15(13)23-25-18)22-19(26-11)21-16(24)10-12-6-2-4-8-14(12)20/h2,4,6,8H,3,5,7,9-10H2,1H3,(H,21,22,24). The molecule has 1 aromatic carbocycles. The number of hydrogen-bond donors (Lipinski definition) is 1. The van der Waals surface area contributed by atoms with E-state index in [2.05, 4.69) is 31.4 Å². The van der Waals surface area contributed by atoms with Crippen molar-refractivity contribution in [1.29, 1.82) is 0 Å². The number of amides is 1. The highest BCUT2D eigenvalue weighted by Gasteiger charge is 2.24. The molecule has 0 saturated carbocycles. The fourth-order valence-corrected chi connectivity index (χ4v) is 4.47. The maximum atomic E-state index is 12.4. The third-order valence-corrected chi connectivity index (χ3v) is 6.19. The molecule has 7 heteroatoms. The van der Waals surface area contributed by atoms with Gasteiger partial charge in [-0.25, -0.2) is 4.98 Å². The van der Waals surface area contributed by atoms with Gasteiger partial charge in [0.05, 0.1) is 12.1 Å². The number of carbonyl (C=O) groups is 1. The number of aryl methyl sites for hydroxylation is 2. The van der Waals surface area contributed by atoms with E-state index in [0.29, 0.717) is 11.6 Å². The van der Waals surface area contributed by atoms with Gasteiger partial charge in [0, 0.05) is 14.9 Å². The number of aromatic nitrogens is 2. The Morgan fingerprint density at radius 3 is 2.96 bits per heavy atom. The minimum atomic E-state index is -0.0863. The summed E-state index contributed by atoms with van der Waals surface area (Å²) >= 11 is 4.94. The van der Waals surface area contributed by atoms with Crippen molar-refractivity contribution in [3.8, 4) is 11.5 Å². The largest absolute Gasteiger partial charge is 0.354 e. The zero-order valence-corrected chi connectivity index (χ0v) is 16.7. The van der Waals surface area contributed by atoms with Gasteiger partial charge in [0.2, 0.25) is 5.91 Å². The van der Waals surface area contributed by atoms with Crippen LogP contribution in [0.15, 0.2) is 33.3 Å². The first kappa shape index (κ1) is 17.4. The Labute approximate surface area is 163 Å². The fourth-order valence-electron chi connectivity index (χ4n) is 3.22. The van der Waals surface area contributed by atoms with Gasteiger partial charge in [0.15, 0.2) is 10.9 Å². The second kappa shape index (κ2) is 7.32. The van der Waals surface area contributed by atoms with Crippen LogP contribution in [0, 0.1) is 6.92 Å². The highest BCUT2D eigenvalue weighted by atomic mass is 79.9. The molecule has 3 aromatic rings. The van der Waals surface area contributed by atoms with Crippen molar-refractivity contribution in [2.75, 3.05) is 5.32 Å². The van der Waals surface area contributed by atoms with Crippen LogP contribution in [0.25, 0.3) is 11.5 Å². The van der Waals surface area contributed by atoms with Crippen molar-refractivity contribution in [3.63, 3.8) is 0 Å². The van der Waals surface area contributed by atoms with Crippen LogP contribution >= 0.6 is 27.3 Å². The molecule has 0 aliphatic heterocycles. The zero-order valence-electron chi connectivity index (χ0n) is 14.3. The highest BCUT2D eigenvalue weighted by Crippen LogP contribution is 2.36. The second-order valence-electron chi connectivity index (χ2n) is 6.38. The predicted molar refractivity (Wildman–Crippen MR) is 105 cm³/mol. The van der Waals surface area contributed by atoms with Gasteiger partial charge in [0.1, 0.15) is 5.69 Å². The Morgan fingerprint density at radius 2 is 2.12 bits per heavy atom. The Morgan fingerprint density at radius 1 is 1.31 bits per heavy atom. The third-order valence-electron chi connectivity index (χ3n) is 4.53. The molecule has 0 saturated heterocycles. The topological polar surface area (TPSA) is 68.0 Å². The van der Waals surface area contributed by atoms with Crippen LogP contribution in [0.1, 0.15) is 34.5 Å². The molecule has 134 valence electrons. The number of hydrogen-bond acceptors (Lipinski definition) is 5. The van der Waals surface area contributed by atoms with Gasteiger partial charge in [-0.2, -0.15) is 0 Å². The summed E-state index contributed by atoms with van der Waals surface area (Å²) in [6, 6.07) is 7.72. The summed E-state index contributed by atoms with van der Waals surface area (Å²) in [6.07, 6.45) is 4.56. The molecule has 1 aliphatic rings. The van der Waals surface area contributed by atoms with Crippen molar-refractivity contribution in [2.24, 2.45) is 0 Å². The summed E-state index contributed by atoms with van der Waals surface area (Å²) in [5, 5.41) is 7.71. The molecular weight excluding hydrogens is 414 g/mol. The number of rotatable bonds is 4. The molecule has 1 aliphatic carbocycles. The van der Waals surface area contributed by atoms with E-state index >= 15 is 0 Å². The van der Waals surface area contributed by atoms with Crippen LogP contribution in [-0.2, 0) is 24.1 Å². The summed E-state index contributed by atoms with van der Waals surface area (Å²) in [4.78, 5) is 18.0. The molecule has 0 spiro atoms. The molecule has 1 N–H and O–H groups in total. The second-order valence-corrected chi connectivity index (χ2v) is 8.44. The average Bonchev–Trinajstić information content (AvgIpc) is 3.20. The number of fused-ring (bicyclic) bond motifs is 1. The minimum absolute atomic E-state index is 0.0863. The van der Waals surface area contributed by atoms with Crippen LogP contribution in [0.5, 0.6) is 0 Å². The van der Waals surface area contributed by atoms with Crippen molar-refractivity contribution in [2.45, 2.75) is 39.0 Å². The molecule has 2 aromatic heterocycles. The van der Waals surface area contributed by atoms with Gasteiger partial charge in [0.25, 0.3) is 0 Å². The van der Waals surface area contributed by atoms with Crippen molar-refractivity contribution < 1.29 is 9.32 Å². The number of benzene rings is 1.